The number of carbonyl (C=O) groups is 2. The van der Waals surface area contributed by atoms with Crippen molar-refractivity contribution in [3.05, 3.63) is 59.4 Å². The molecular formula is C19H21FN2O4. The fourth-order valence-corrected chi connectivity index (χ4v) is 2.01. The summed E-state index contributed by atoms with van der Waals surface area (Å²) in [5, 5.41) is 0. The maximum atomic E-state index is 13.5. The summed E-state index contributed by atoms with van der Waals surface area (Å²) in [6.07, 6.45) is -0.993. The number of nitrogens with one attached hydrogen (secondary N) is 2. The van der Waals surface area contributed by atoms with Crippen molar-refractivity contribution in [2.75, 3.05) is 6.61 Å². The fraction of sp³-hybridized carbons (Fsp3) is 0.263. The highest BCUT2D eigenvalue weighted by atomic mass is 19.1. The summed E-state index contributed by atoms with van der Waals surface area (Å²) in [7, 11) is 0. The van der Waals surface area contributed by atoms with E-state index in [1.165, 1.54) is 25.1 Å². The van der Waals surface area contributed by atoms with E-state index in [2.05, 4.69) is 10.9 Å². The lowest BCUT2D eigenvalue weighted by atomic mass is 10.1. The number of carbonyl (C=O) groups excluding carboxylic acids is 2. The molecule has 6 nitrogen and oxygen atoms in total. The highest BCUT2D eigenvalue weighted by Gasteiger charge is 2.17. The molecule has 2 rings (SSSR count). The number of hydrazine groups is 1. The summed E-state index contributed by atoms with van der Waals surface area (Å²) < 4.78 is 24.1. The predicted octanol–water partition coefficient (Wildman–Crippen LogP) is 2.44. The van der Waals surface area contributed by atoms with Crippen LogP contribution in [0, 0.1) is 19.7 Å². The van der Waals surface area contributed by atoms with Crippen LogP contribution in [-0.4, -0.2) is 24.5 Å². The van der Waals surface area contributed by atoms with Gasteiger partial charge in [0.1, 0.15) is 5.75 Å². The van der Waals surface area contributed by atoms with Crippen molar-refractivity contribution in [1.82, 2.24) is 10.9 Å². The lowest BCUT2D eigenvalue weighted by molar-refractivity contribution is -0.133. The molecule has 0 aromatic heterocycles. The van der Waals surface area contributed by atoms with Crippen LogP contribution in [0.1, 0.15) is 18.1 Å². The normalized spacial score (nSPS) is 11.4. The van der Waals surface area contributed by atoms with Crippen molar-refractivity contribution >= 4 is 11.8 Å². The molecule has 0 radical (unpaired) electrons. The fourth-order valence-electron chi connectivity index (χ4n) is 2.01. The molecule has 0 spiro atoms. The standard InChI is InChI=1S/C19H21FN2O4/c1-12-8-9-15(10-13(12)2)25-11-18(23)21-22-19(24)14(3)26-17-7-5-4-6-16(17)20/h4-10,14H,11H2,1-3H3,(H,21,23)(H,22,24)/t14-/m0/s1. The number of para-hydroxylation sites is 1. The molecule has 26 heavy (non-hydrogen) atoms. The van der Waals surface area contributed by atoms with Crippen molar-refractivity contribution < 1.29 is 23.5 Å². The van der Waals surface area contributed by atoms with Crippen LogP contribution in [0.4, 0.5) is 4.39 Å². The predicted molar refractivity (Wildman–Crippen MR) is 94.2 cm³/mol. The van der Waals surface area contributed by atoms with Crippen LogP contribution < -0.4 is 20.3 Å². The number of hydrogen-bond donors (Lipinski definition) is 2. The molecule has 138 valence electrons. The number of halogens is 1. The zero-order valence-electron chi connectivity index (χ0n) is 14.8. The first-order valence-electron chi connectivity index (χ1n) is 8.06. The Morgan fingerprint density at radius 2 is 1.81 bits per heavy atom. The smallest absolute Gasteiger partial charge is 0.279 e. The van der Waals surface area contributed by atoms with Gasteiger partial charge in [0, 0.05) is 0 Å². The minimum Gasteiger partial charge on any atom is -0.484 e. The lowest BCUT2D eigenvalue weighted by Gasteiger charge is -2.15. The third-order valence-corrected chi connectivity index (χ3v) is 3.68. The van der Waals surface area contributed by atoms with Gasteiger partial charge in [-0.25, -0.2) is 4.39 Å². The number of hydrogen-bond acceptors (Lipinski definition) is 4. The van der Waals surface area contributed by atoms with Gasteiger partial charge < -0.3 is 9.47 Å². The van der Waals surface area contributed by atoms with E-state index in [-0.39, 0.29) is 12.4 Å². The molecule has 2 N–H and O–H groups in total. The van der Waals surface area contributed by atoms with Gasteiger partial charge in [0.2, 0.25) is 0 Å². The Hall–Kier alpha value is -3.09. The van der Waals surface area contributed by atoms with E-state index in [1.807, 2.05) is 26.0 Å². The minimum atomic E-state index is -0.993. The highest BCUT2D eigenvalue weighted by molar-refractivity contribution is 5.85. The first-order valence-corrected chi connectivity index (χ1v) is 8.06. The van der Waals surface area contributed by atoms with E-state index in [1.54, 1.807) is 12.1 Å². The number of amides is 2. The number of ether oxygens (including phenoxy) is 2. The molecule has 0 saturated carbocycles. The molecule has 2 aromatic carbocycles. The quantitative estimate of drug-likeness (QED) is 0.776. The van der Waals surface area contributed by atoms with Crippen LogP contribution >= 0.6 is 0 Å². The Morgan fingerprint density at radius 3 is 2.50 bits per heavy atom. The van der Waals surface area contributed by atoms with Crippen LogP contribution in [0.15, 0.2) is 42.5 Å². The van der Waals surface area contributed by atoms with E-state index < -0.39 is 23.7 Å². The summed E-state index contributed by atoms with van der Waals surface area (Å²) in [6.45, 7) is 5.11. The minimum absolute atomic E-state index is 0.0421. The Labute approximate surface area is 151 Å². The second-order valence-corrected chi connectivity index (χ2v) is 5.76. The highest BCUT2D eigenvalue weighted by Crippen LogP contribution is 2.17. The van der Waals surface area contributed by atoms with Gasteiger partial charge in [-0.1, -0.05) is 18.2 Å². The molecular weight excluding hydrogens is 339 g/mol. The molecule has 0 saturated heterocycles. The van der Waals surface area contributed by atoms with E-state index in [0.29, 0.717) is 5.75 Å². The van der Waals surface area contributed by atoms with Gasteiger partial charge in [0.15, 0.2) is 24.3 Å². The van der Waals surface area contributed by atoms with Crippen LogP contribution in [0.3, 0.4) is 0 Å². The first-order chi connectivity index (χ1) is 12.4. The van der Waals surface area contributed by atoms with Crippen molar-refractivity contribution in [2.45, 2.75) is 26.9 Å². The van der Waals surface area contributed by atoms with E-state index in [4.69, 9.17) is 9.47 Å². The molecule has 0 bridgehead atoms. The van der Waals surface area contributed by atoms with Gasteiger partial charge >= 0.3 is 0 Å². The molecule has 0 aliphatic rings. The zero-order chi connectivity index (χ0) is 19.1. The molecule has 0 aliphatic heterocycles. The van der Waals surface area contributed by atoms with Gasteiger partial charge in [-0.15, -0.1) is 0 Å². The van der Waals surface area contributed by atoms with Gasteiger partial charge in [-0.3, -0.25) is 20.4 Å². The summed E-state index contributed by atoms with van der Waals surface area (Å²) in [5.41, 5.74) is 6.61. The van der Waals surface area contributed by atoms with Crippen LogP contribution in [0.25, 0.3) is 0 Å². The van der Waals surface area contributed by atoms with E-state index >= 15 is 0 Å². The first kappa shape index (κ1) is 19.2. The van der Waals surface area contributed by atoms with Crippen molar-refractivity contribution in [3.63, 3.8) is 0 Å². The number of benzene rings is 2. The third kappa shape index (κ3) is 5.47. The molecule has 2 aromatic rings. The SMILES string of the molecule is Cc1ccc(OCC(=O)NNC(=O)[C@H](C)Oc2ccccc2F)cc1C. The van der Waals surface area contributed by atoms with Gasteiger partial charge in [0.25, 0.3) is 11.8 Å². The van der Waals surface area contributed by atoms with Crippen LogP contribution in [-0.2, 0) is 9.59 Å². The summed E-state index contributed by atoms with van der Waals surface area (Å²) in [4.78, 5) is 23.7. The Bertz CT molecular complexity index is 795. The molecule has 1 atom stereocenters. The Morgan fingerprint density at radius 1 is 1.08 bits per heavy atom. The molecule has 0 aliphatic carbocycles. The van der Waals surface area contributed by atoms with Crippen molar-refractivity contribution in [1.29, 1.82) is 0 Å². The topological polar surface area (TPSA) is 76.7 Å². The molecule has 7 heteroatoms. The van der Waals surface area contributed by atoms with Gasteiger partial charge in [-0.2, -0.15) is 0 Å². The average molecular weight is 360 g/mol. The maximum absolute atomic E-state index is 13.5. The zero-order valence-corrected chi connectivity index (χ0v) is 14.8. The Balaban J connectivity index is 1.76. The number of rotatable bonds is 6. The summed E-state index contributed by atoms with van der Waals surface area (Å²) in [5.74, 6) is -1.20. The molecule has 0 unspecified atom stereocenters. The van der Waals surface area contributed by atoms with E-state index in [0.717, 1.165) is 11.1 Å². The summed E-state index contributed by atoms with van der Waals surface area (Å²) in [6, 6.07) is 11.2. The second-order valence-electron chi connectivity index (χ2n) is 5.76. The second kappa shape index (κ2) is 8.84. The van der Waals surface area contributed by atoms with Crippen LogP contribution in [0.2, 0.25) is 0 Å². The monoisotopic (exact) mass is 360 g/mol. The largest absolute Gasteiger partial charge is 0.484 e. The molecule has 2 amide bonds. The molecule has 0 fully saturated rings. The Kier molecular flexibility index (Phi) is 6.54. The maximum Gasteiger partial charge on any atom is 0.279 e. The molecule has 0 heterocycles. The van der Waals surface area contributed by atoms with Crippen molar-refractivity contribution in [2.24, 2.45) is 0 Å². The lowest BCUT2D eigenvalue weighted by Crippen LogP contribution is -2.48. The van der Waals surface area contributed by atoms with Crippen LogP contribution in [0.5, 0.6) is 11.5 Å². The third-order valence-electron chi connectivity index (χ3n) is 3.68. The van der Waals surface area contributed by atoms with Gasteiger partial charge in [-0.05, 0) is 56.2 Å². The van der Waals surface area contributed by atoms with E-state index in [9.17, 15) is 14.0 Å². The summed E-state index contributed by atoms with van der Waals surface area (Å²) >= 11 is 0. The van der Waals surface area contributed by atoms with Crippen molar-refractivity contribution in [3.8, 4) is 11.5 Å². The number of aryl methyl sites for hydroxylation is 2. The van der Waals surface area contributed by atoms with Gasteiger partial charge in [0.05, 0.1) is 0 Å². The average Bonchev–Trinajstić information content (AvgIpc) is 2.62.